The normalized spacial score (nSPS) is 18.5. The van der Waals surface area contributed by atoms with Crippen molar-refractivity contribution in [2.75, 3.05) is 7.11 Å². The molecule has 1 aromatic heterocycles. The Kier molecular flexibility index (Phi) is 4.11. The second kappa shape index (κ2) is 6.19. The molecule has 0 radical (unpaired) electrons. The second-order valence-corrected chi connectivity index (χ2v) is 5.84. The van der Waals surface area contributed by atoms with Crippen molar-refractivity contribution < 1.29 is 19.1 Å². The van der Waals surface area contributed by atoms with Gasteiger partial charge in [0.1, 0.15) is 22.5 Å². The summed E-state index contributed by atoms with van der Waals surface area (Å²) in [6.45, 7) is 1.94. The molecule has 0 amide bonds. The molecule has 2 heterocycles. The van der Waals surface area contributed by atoms with Crippen LogP contribution in [-0.2, 0) is 4.84 Å². The predicted molar refractivity (Wildman–Crippen MR) is 84.0 cm³/mol. The van der Waals surface area contributed by atoms with Gasteiger partial charge in [0.15, 0.2) is 0 Å². The number of hydrogen-bond donors (Lipinski definition) is 0. The van der Waals surface area contributed by atoms with Crippen LogP contribution in [0.1, 0.15) is 28.6 Å². The minimum absolute atomic E-state index is 0.0428. The van der Waals surface area contributed by atoms with Crippen molar-refractivity contribution in [3.8, 4) is 11.5 Å². The first-order valence-electron chi connectivity index (χ1n) is 6.84. The zero-order valence-corrected chi connectivity index (χ0v) is 13.1. The largest absolute Gasteiger partial charge is 0.497 e. The number of methoxy groups -OCH3 is 1. The van der Waals surface area contributed by atoms with Crippen molar-refractivity contribution in [1.82, 2.24) is 0 Å². The molecular formula is C16H15NO4S. The lowest BCUT2D eigenvalue weighted by atomic mass is 10.0. The molecule has 0 fully saturated rings. The van der Waals surface area contributed by atoms with Crippen LogP contribution in [0.5, 0.6) is 11.5 Å². The standard InChI is InChI=1S/C16H15NO4S/c1-10-8-13(17-21-16(18)15-4-3-7-22-15)12-6-5-11(19-2)9-14(12)20-10/h3-7,9-10H,8H2,1-2H3/b17-13-. The smallest absolute Gasteiger partial charge is 0.375 e. The fraction of sp³-hybridized carbons (Fsp3) is 0.250. The molecule has 1 aromatic carbocycles. The van der Waals surface area contributed by atoms with E-state index in [0.29, 0.717) is 28.5 Å². The highest BCUT2D eigenvalue weighted by molar-refractivity contribution is 7.11. The first-order valence-corrected chi connectivity index (χ1v) is 7.72. The highest BCUT2D eigenvalue weighted by atomic mass is 32.1. The van der Waals surface area contributed by atoms with Gasteiger partial charge in [-0.25, -0.2) is 4.79 Å². The van der Waals surface area contributed by atoms with Gasteiger partial charge in [-0.3, -0.25) is 0 Å². The molecule has 0 saturated carbocycles. The SMILES string of the molecule is COc1ccc2c(c1)OC(C)C/C2=N/OC(=O)c1cccs1. The van der Waals surface area contributed by atoms with E-state index in [1.807, 2.05) is 30.5 Å². The number of carbonyl (C=O) groups excluding carboxylic acids is 1. The molecule has 3 rings (SSSR count). The number of oxime groups is 1. The van der Waals surface area contributed by atoms with Gasteiger partial charge >= 0.3 is 5.97 Å². The van der Waals surface area contributed by atoms with Crippen LogP contribution in [-0.4, -0.2) is 24.9 Å². The molecule has 1 unspecified atom stereocenters. The minimum atomic E-state index is -0.447. The van der Waals surface area contributed by atoms with E-state index in [4.69, 9.17) is 14.3 Å². The van der Waals surface area contributed by atoms with Gasteiger partial charge in [0.05, 0.1) is 12.8 Å². The molecule has 1 aliphatic heterocycles. The van der Waals surface area contributed by atoms with Crippen LogP contribution >= 0.6 is 11.3 Å². The Bertz CT molecular complexity index is 709. The van der Waals surface area contributed by atoms with Gasteiger partial charge in [-0.05, 0) is 30.5 Å². The van der Waals surface area contributed by atoms with E-state index in [1.54, 1.807) is 19.2 Å². The maximum Gasteiger partial charge on any atom is 0.375 e. The lowest BCUT2D eigenvalue weighted by Gasteiger charge is -2.24. The first kappa shape index (κ1) is 14.6. The van der Waals surface area contributed by atoms with Gasteiger partial charge in [-0.1, -0.05) is 11.2 Å². The molecule has 0 saturated heterocycles. The predicted octanol–water partition coefficient (Wildman–Crippen LogP) is 3.49. The topological polar surface area (TPSA) is 57.1 Å². The number of fused-ring (bicyclic) bond motifs is 1. The molecule has 2 aromatic rings. The summed E-state index contributed by atoms with van der Waals surface area (Å²) >= 11 is 1.32. The molecule has 1 aliphatic rings. The maximum atomic E-state index is 11.9. The Hall–Kier alpha value is -2.34. The molecule has 1 atom stereocenters. The van der Waals surface area contributed by atoms with E-state index in [2.05, 4.69) is 5.16 Å². The third-order valence-corrected chi connectivity index (χ3v) is 4.12. The Morgan fingerprint density at radius 2 is 2.27 bits per heavy atom. The molecule has 22 heavy (non-hydrogen) atoms. The average Bonchev–Trinajstić information content (AvgIpc) is 3.05. The fourth-order valence-electron chi connectivity index (χ4n) is 2.23. The van der Waals surface area contributed by atoms with Crippen molar-refractivity contribution in [2.45, 2.75) is 19.4 Å². The van der Waals surface area contributed by atoms with E-state index < -0.39 is 5.97 Å². The molecule has 0 N–H and O–H groups in total. The van der Waals surface area contributed by atoms with Crippen LogP contribution in [0, 0.1) is 0 Å². The number of benzene rings is 1. The van der Waals surface area contributed by atoms with Crippen LogP contribution in [0.2, 0.25) is 0 Å². The van der Waals surface area contributed by atoms with E-state index in [-0.39, 0.29) is 6.10 Å². The molecular weight excluding hydrogens is 302 g/mol. The van der Waals surface area contributed by atoms with Gasteiger partial charge in [0.2, 0.25) is 0 Å². The number of nitrogens with zero attached hydrogens (tertiary/aromatic N) is 1. The lowest BCUT2D eigenvalue weighted by molar-refractivity contribution is 0.0519. The van der Waals surface area contributed by atoms with Gasteiger partial charge in [-0.15, -0.1) is 11.3 Å². The zero-order chi connectivity index (χ0) is 15.5. The number of thiophene rings is 1. The first-order chi connectivity index (χ1) is 10.7. The molecule has 5 nitrogen and oxygen atoms in total. The molecule has 6 heteroatoms. The molecule has 0 aliphatic carbocycles. The maximum absolute atomic E-state index is 11.9. The van der Waals surface area contributed by atoms with Crippen molar-refractivity contribution in [3.63, 3.8) is 0 Å². The van der Waals surface area contributed by atoms with Gasteiger partial charge in [0, 0.05) is 18.1 Å². The summed E-state index contributed by atoms with van der Waals surface area (Å²) in [5, 5.41) is 5.86. The average molecular weight is 317 g/mol. The summed E-state index contributed by atoms with van der Waals surface area (Å²) in [5.74, 6) is 0.948. The van der Waals surface area contributed by atoms with Gasteiger partial charge in [-0.2, -0.15) is 0 Å². The zero-order valence-electron chi connectivity index (χ0n) is 12.2. The van der Waals surface area contributed by atoms with Crippen molar-refractivity contribution >= 4 is 23.0 Å². The number of ether oxygens (including phenoxy) is 2. The van der Waals surface area contributed by atoms with Gasteiger partial charge < -0.3 is 14.3 Å². The minimum Gasteiger partial charge on any atom is -0.497 e. The van der Waals surface area contributed by atoms with E-state index in [9.17, 15) is 4.79 Å². The Balaban J connectivity index is 1.85. The third kappa shape index (κ3) is 2.96. The van der Waals surface area contributed by atoms with Crippen LogP contribution in [0.15, 0.2) is 40.9 Å². The van der Waals surface area contributed by atoms with Crippen molar-refractivity contribution in [1.29, 1.82) is 0 Å². The Morgan fingerprint density at radius 3 is 3.00 bits per heavy atom. The summed E-state index contributed by atoms with van der Waals surface area (Å²) in [5.41, 5.74) is 1.51. The van der Waals surface area contributed by atoms with E-state index in [1.165, 1.54) is 11.3 Å². The summed E-state index contributed by atoms with van der Waals surface area (Å²) in [6.07, 6.45) is 0.538. The number of carbonyl (C=O) groups is 1. The summed E-state index contributed by atoms with van der Waals surface area (Å²) < 4.78 is 11.0. The number of rotatable bonds is 3. The third-order valence-electron chi connectivity index (χ3n) is 3.27. The Labute approximate surface area is 132 Å². The number of hydrogen-bond acceptors (Lipinski definition) is 6. The quantitative estimate of drug-likeness (QED) is 0.642. The molecule has 114 valence electrons. The lowest BCUT2D eigenvalue weighted by Crippen LogP contribution is -2.25. The van der Waals surface area contributed by atoms with Crippen LogP contribution in [0.4, 0.5) is 0 Å². The summed E-state index contributed by atoms with van der Waals surface area (Å²) in [7, 11) is 1.60. The highest BCUT2D eigenvalue weighted by Crippen LogP contribution is 2.31. The monoisotopic (exact) mass is 317 g/mol. The Morgan fingerprint density at radius 1 is 1.41 bits per heavy atom. The van der Waals surface area contributed by atoms with Crippen molar-refractivity contribution in [2.24, 2.45) is 5.16 Å². The fourth-order valence-corrected chi connectivity index (χ4v) is 2.82. The van der Waals surface area contributed by atoms with Crippen LogP contribution in [0.3, 0.4) is 0 Å². The van der Waals surface area contributed by atoms with E-state index >= 15 is 0 Å². The molecule has 0 spiro atoms. The molecule has 0 bridgehead atoms. The van der Waals surface area contributed by atoms with Crippen molar-refractivity contribution in [3.05, 3.63) is 46.2 Å². The summed E-state index contributed by atoms with van der Waals surface area (Å²) in [4.78, 5) is 17.5. The second-order valence-electron chi connectivity index (χ2n) is 4.89. The highest BCUT2D eigenvalue weighted by Gasteiger charge is 2.23. The summed E-state index contributed by atoms with van der Waals surface area (Å²) in [6, 6.07) is 9.00. The van der Waals surface area contributed by atoms with Gasteiger partial charge in [0.25, 0.3) is 0 Å². The van der Waals surface area contributed by atoms with Crippen LogP contribution < -0.4 is 9.47 Å². The van der Waals surface area contributed by atoms with E-state index in [0.717, 1.165) is 5.56 Å². The van der Waals surface area contributed by atoms with Crippen LogP contribution in [0.25, 0.3) is 0 Å².